The quantitative estimate of drug-likeness (QED) is 0.324. The second kappa shape index (κ2) is 9.64. The van der Waals surface area contributed by atoms with Crippen LogP contribution in [0.4, 0.5) is 0 Å². The third-order valence-electron chi connectivity index (χ3n) is 6.50. The van der Waals surface area contributed by atoms with Gasteiger partial charge in [-0.2, -0.15) is 4.80 Å². The van der Waals surface area contributed by atoms with Gasteiger partial charge in [-0.25, -0.2) is 0 Å². The lowest BCUT2D eigenvalue weighted by Gasteiger charge is -2.18. The maximum Gasteiger partial charge on any atom is 0.304 e. The van der Waals surface area contributed by atoms with Gasteiger partial charge in [0.15, 0.2) is 0 Å². The number of hydrogen-bond acceptors (Lipinski definition) is 6. The fraction of sp³-hybridized carbons (Fsp3) is 0.360. The molecular formula is C25H26ClN5O3S. The van der Waals surface area contributed by atoms with E-state index < -0.39 is 5.97 Å². The van der Waals surface area contributed by atoms with E-state index in [0.29, 0.717) is 10.8 Å². The van der Waals surface area contributed by atoms with Crippen LogP contribution in [0.25, 0.3) is 22.3 Å². The number of tetrazole rings is 1. The van der Waals surface area contributed by atoms with E-state index in [9.17, 15) is 9.90 Å². The first kappa shape index (κ1) is 23.8. The van der Waals surface area contributed by atoms with Crippen LogP contribution in [0.5, 0.6) is 0 Å². The van der Waals surface area contributed by atoms with Crippen LogP contribution in [-0.2, 0) is 23.1 Å². The monoisotopic (exact) mass is 511 g/mol. The molecule has 0 saturated carbocycles. The van der Waals surface area contributed by atoms with Gasteiger partial charge in [-0.15, -0.1) is 10.2 Å². The van der Waals surface area contributed by atoms with Crippen molar-refractivity contribution in [1.29, 1.82) is 0 Å². The summed E-state index contributed by atoms with van der Waals surface area (Å²) in [6, 6.07) is 11.9. The Kier molecular flexibility index (Phi) is 6.57. The largest absolute Gasteiger partial charge is 0.481 e. The Morgan fingerprint density at radius 3 is 2.71 bits per heavy atom. The third kappa shape index (κ3) is 4.44. The van der Waals surface area contributed by atoms with Gasteiger partial charge in [-0.1, -0.05) is 30.3 Å². The maximum atomic E-state index is 11.7. The second-order valence-electron chi connectivity index (χ2n) is 8.70. The summed E-state index contributed by atoms with van der Waals surface area (Å²) in [6.45, 7) is 2.85. The summed E-state index contributed by atoms with van der Waals surface area (Å²) in [5.74, 6) is -0.309. The van der Waals surface area contributed by atoms with E-state index in [0.717, 1.165) is 56.9 Å². The molecule has 2 aromatic heterocycles. The molecule has 2 atom stereocenters. The lowest BCUT2D eigenvalue weighted by atomic mass is 9.96. The molecule has 4 aromatic rings. The first-order valence-electron chi connectivity index (χ1n) is 11.5. The van der Waals surface area contributed by atoms with Crippen LogP contribution in [0.15, 0.2) is 46.2 Å². The van der Waals surface area contributed by atoms with Crippen molar-refractivity contribution in [3.05, 3.63) is 52.7 Å². The van der Waals surface area contributed by atoms with Gasteiger partial charge in [0.05, 0.1) is 25.1 Å². The first-order chi connectivity index (χ1) is 16.9. The van der Waals surface area contributed by atoms with Gasteiger partial charge >= 0.3 is 5.97 Å². The average molecular weight is 512 g/mol. The van der Waals surface area contributed by atoms with Gasteiger partial charge < -0.3 is 14.4 Å². The van der Waals surface area contributed by atoms with Gasteiger partial charge in [0.2, 0.25) is 5.82 Å². The second-order valence-corrected chi connectivity index (χ2v) is 10.2. The van der Waals surface area contributed by atoms with Crippen molar-refractivity contribution in [2.24, 2.45) is 7.05 Å². The molecule has 35 heavy (non-hydrogen) atoms. The Balaban J connectivity index is 1.79. The maximum absolute atomic E-state index is 11.7. The lowest BCUT2D eigenvalue weighted by molar-refractivity contribution is -0.137. The molecule has 1 aliphatic rings. The molecule has 0 fully saturated rings. The molecule has 3 heterocycles. The number of aryl methyl sites for hydroxylation is 2. The fourth-order valence-corrected chi connectivity index (χ4v) is 6.33. The predicted octanol–water partition coefficient (Wildman–Crippen LogP) is 5.70. The number of methoxy groups -OCH3 is 1. The standard InChI is InChI=1S/C25H26ClN5O3S/c1-4-20(34-3)18-11-15(25-27-29-30(2)28-25)12-19-22(18)24(35-17-7-5-16(26)6-8-17)23-14(13-21(32)33)9-10-31(19)23/h5-8,11-12,14,20H,4,9-10,13H2,1-3H3,(H,32,33). The number of carboxylic acid groups (broad SMARTS) is 1. The molecule has 0 amide bonds. The first-order valence-corrected chi connectivity index (χ1v) is 12.7. The Bertz CT molecular complexity index is 1390. The van der Waals surface area contributed by atoms with Gasteiger partial charge in [-0.05, 0) is 60.0 Å². The fourth-order valence-electron chi connectivity index (χ4n) is 4.99. The van der Waals surface area contributed by atoms with Gasteiger partial charge in [-0.3, -0.25) is 4.79 Å². The lowest BCUT2D eigenvalue weighted by Crippen LogP contribution is -2.04. The minimum absolute atomic E-state index is 0.0664. The van der Waals surface area contributed by atoms with E-state index in [4.69, 9.17) is 16.3 Å². The number of carbonyl (C=O) groups is 1. The highest BCUT2D eigenvalue weighted by atomic mass is 35.5. The summed E-state index contributed by atoms with van der Waals surface area (Å²) in [5.41, 5.74) is 4.02. The molecule has 1 aliphatic heterocycles. The van der Waals surface area contributed by atoms with Crippen LogP contribution in [-0.4, -0.2) is 43.0 Å². The molecule has 182 valence electrons. The highest BCUT2D eigenvalue weighted by Crippen LogP contribution is 2.49. The van der Waals surface area contributed by atoms with Crippen molar-refractivity contribution in [3.8, 4) is 11.4 Å². The molecule has 5 rings (SSSR count). The van der Waals surface area contributed by atoms with E-state index in [1.165, 1.54) is 4.80 Å². The Labute approximate surface area is 212 Å². The number of carboxylic acids is 1. The molecule has 0 radical (unpaired) electrons. The SMILES string of the molecule is CCC(OC)c1cc(-c2nnn(C)n2)cc2c1c(Sc1ccc(Cl)cc1)c1n2CCC1CC(=O)O. The molecule has 2 aromatic carbocycles. The van der Waals surface area contributed by atoms with Crippen molar-refractivity contribution < 1.29 is 14.6 Å². The molecule has 2 unspecified atom stereocenters. The summed E-state index contributed by atoms with van der Waals surface area (Å²) < 4.78 is 8.18. The number of ether oxygens (including phenoxy) is 1. The highest BCUT2D eigenvalue weighted by molar-refractivity contribution is 7.99. The molecule has 0 aliphatic carbocycles. The topological polar surface area (TPSA) is 95.1 Å². The van der Waals surface area contributed by atoms with Crippen LogP contribution >= 0.6 is 23.4 Å². The third-order valence-corrected chi connectivity index (χ3v) is 7.88. The average Bonchev–Trinajstić information content (AvgIpc) is 3.52. The summed E-state index contributed by atoms with van der Waals surface area (Å²) in [7, 11) is 3.46. The van der Waals surface area contributed by atoms with Crippen molar-refractivity contribution in [2.75, 3.05) is 7.11 Å². The zero-order chi connectivity index (χ0) is 24.7. The minimum atomic E-state index is -0.788. The number of nitrogens with zero attached hydrogens (tertiary/aromatic N) is 5. The van der Waals surface area contributed by atoms with Gasteiger partial charge in [0.1, 0.15) is 0 Å². The molecule has 10 heteroatoms. The Hall–Kier alpha value is -2.88. The van der Waals surface area contributed by atoms with E-state index in [2.05, 4.69) is 39.0 Å². The van der Waals surface area contributed by atoms with Crippen molar-refractivity contribution in [2.45, 2.75) is 54.5 Å². The van der Waals surface area contributed by atoms with Crippen LogP contribution in [0, 0.1) is 0 Å². The zero-order valence-corrected chi connectivity index (χ0v) is 21.3. The number of halogens is 1. The van der Waals surface area contributed by atoms with Crippen molar-refractivity contribution >= 4 is 40.2 Å². The number of rotatable bonds is 8. The molecule has 0 spiro atoms. The minimum Gasteiger partial charge on any atom is -0.481 e. The molecule has 0 bridgehead atoms. The van der Waals surface area contributed by atoms with E-state index in [1.807, 2.05) is 24.3 Å². The summed E-state index contributed by atoms with van der Waals surface area (Å²) in [5, 5.41) is 24.1. The molecule has 8 nitrogen and oxygen atoms in total. The number of benzene rings is 2. The normalized spacial score (nSPS) is 16.1. The van der Waals surface area contributed by atoms with Gasteiger partial charge in [0.25, 0.3) is 0 Å². The van der Waals surface area contributed by atoms with Crippen molar-refractivity contribution in [3.63, 3.8) is 0 Å². The number of hydrogen-bond donors (Lipinski definition) is 1. The number of aliphatic carboxylic acids is 1. The summed E-state index contributed by atoms with van der Waals surface area (Å²) in [4.78, 5) is 15.3. The van der Waals surface area contributed by atoms with E-state index in [1.54, 1.807) is 25.9 Å². The zero-order valence-electron chi connectivity index (χ0n) is 19.7. The number of fused-ring (bicyclic) bond motifs is 3. The molecule has 1 N–H and O–H groups in total. The summed E-state index contributed by atoms with van der Waals surface area (Å²) >= 11 is 7.78. The molecular weight excluding hydrogens is 486 g/mol. The summed E-state index contributed by atoms with van der Waals surface area (Å²) in [6.07, 6.45) is 1.53. The Morgan fingerprint density at radius 2 is 2.09 bits per heavy atom. The molecule has 0 saturated heterocycles. The smallest absolute Gasteiger partial charge is 0.304 e. The van der Waals surface area contributed by atoms with Crippen LogP contribution in [0.1, 0.15) is 49.5 Å². The van der Waals surface area contributed by atoms with E-state index in [-0.39, 0.29) is 18.4 Å². The highest BCUT2D eigenvalue weighted by Gasteiger charge is 2.34. The van der Waals surface area contributed by atoms with Crippen molar-refractivity contribution in [1.82, 2.24) is 24.8 Å². The Morgan fingerprint density at radius 1 is 1.31 bits per heavy atom. The van der Waals surface area contributed by atoms with Crippen LogP contribution in [0.3, 0.4) is 0 Å². The van der Waals surface area contributed by atoms with Gasteiger partial charge in [0, 0.05) is 51.0 Å². The van der Waals surface area contributed by atoms with Crippen LogP contribution < -0.4 is 0 Å². The number of aromatic nitrogens is 5. The van der Waals surface area contributed by atoms with Crippen LogP contribution in [0.2, 0.25) is 5.02 Å². The predicted molar refractivity (Wildman–Crippen MR) is 135 cm³/mol. The van der Waals surface area contributed by atoms with E-state index >= 15 is 0 Å².